The van der Waals surface area contributed by atoms with Crippen LogP contribution < -0.4 is 0 Å². The van der Waals surface area contributed by atoms with Crippen LogP contribution in [0, 0.1) is 45.3 Å². The summed E-state index contributed by atoms with van der Waals surface area (Å²) >= 11 is 0. The maximum absolute atomic E-state index is 13.5. The molecule has 0 aromatic heterocycles. The summed E-state index contributed by atoms with van der Waals surface area (Å²) in [6.45, 7) is 14.7. The third kappa shape index (κ3) is 3.74. The van der Waals surface area contributed by atoms with Crippen LogP contribution in [-0.2, 0) is 33.3 Å². The average molecular weight is 571 g/mol. The second-order valence-electron chi connectivity index (χ2n) is 14.7. The topological polar surface area (TPSA) is 108 Å². The molecule has 2 heterocycles. The Kier molecular flexibility index (Phi) is 6.63. The van der Waals surface area contributed by atoms with Gasteiger partial charge in [-0.25, -0.2) is 4.79 Å². The van der Waals surface area contributed by atoms with Gasteiger partial charge >= 0.3 is 17.9 Å². The minimum Gasteiger partial charge on any atom is -0.465 e. The van der Waals surface area contributed by atoms with Crippen molar-refractivity contribution in [3.8, 4) is 0 Å². The van der Waals surface area contributed by atoms with E-state index >= 15 is 0 Å². The molecular formula is C33H46O8. The number of aliphatic hydroxyl groups is 1. The van der Waals surface area contributed by atoms with Crippen LogP contribution in [0.3, 0.4) is 0 Å². The monoisotopic (exact) mass is 570 g/mol. The lowest BCUT2D eigenvalue weighted by atomic mass is 9.36. The summed E-state index contributed by atoms with van der Waals surface area (Å²) in [7, 11) is 0. The van der Waals surface area contributed by atoms with Gasteiger partial charge in [0.15, 0.2) is 0 Å². The smallest absolute Gasteiger partial charge is 0.333 e. The fourth-order valence-electron chi connectivity index (χ4n) is 10.9. The maximum Gasteiger partial charge on any atom is 0.333 e. The largest absolute Gasteiger partial charge is 0.465 e. The summed E-state index contributed by atoms with van der Waals surface area (Å²) in [4.78, 5) is 37.7. The SMILES string of the molecule is C/C=C(\C)C(=O)O[C@@H]1[C@@H]2OC[C@]3(C)[C@H](OC(C)=O)C[C@H](O)[C@@](C)([C@@H]23)[C@H]2CC[C@]3(C)C(=CC[C@H]3[C@H]3COC(=O)C3)[C@]12C. The number of allylic oxidation sites excluding steroid dienone is 2. The van der Waals surface area contributed by atoms with E-state index in [0.717, 1.165) is 19.3 Å². The fraction of sp³-hybridized carbons (Fsp3) is 0.788. The Balaban J connectivity index is 1.48. The zero-order chi connectivity index (χ0) is 29.7. The van der Waals surface area contributed by atoms with E-state index in [4.69, 9.17) is 18.9 Å². The molecule has 6 rings (SSSR count). The molecule has 0 amide bonds. The van der Waals surface area contributed by atoms with Crippen LogP contribution in [0.15, 0.2) is 23.3 Å². The molecule has 12 atom stereocenters. The van der Waals surface area contributed by atoms with Gasteiger partial charge in [0.2, 0.25) is 0 Å². The minimum absolute atomic E-state index is 0.00815. The number of carbonyl (C=O) groups is 3. The number of hydrogen-bond donors (Lipinski definition) is 1. The quantitative estimate of drug-likeness (QED) is 0.227. The molecule has 3 saturated carbocycles. The Hall–Kier alpha value is -2.19. The third-order valence-corrected chi connectivity index (χ3v) is 12.8. The zero-order valence-corrected chi connectivity index (χ0v) is 25.5. The lowest BCUT2D eigenvalue weighted by molar-refractivity contribution is -0.263. The highest BCUT2D eigenvalue weighted by Gasteiger charge is 2.77. The van der Waals surface area contributed by atoms with Gasteiger partial charge < -0.3 is 24.1 Å². The molecule has 0 aromatic carbocycles. The van der Waals surface area contributed by atoms with E-state index in [0.29, 0.717) is 31.6 Å². The first-order valence-electron chi connectivity index (χ1n) is 15.4. The van der Waals surface area contributed by atoms with Crippen molar-refractivity contribution in [2.24, 2.45) is 45.3 Å². The molecule has 0 spiro atoms. The fourth-order valence-corrected chi connectivity index (χ4v) is 10.9. The molecule has 8 heteroatoms. The summed E-state index contributed by atoms with van der Waals surface area (Å²) in [6.07, 6.45) is 5.29. The van der Waals surface area contributed by atoms with Gasteiger partial charge in [-0.2, -0.15) is 0 Å². The molecule has 4 aliphatic carbocycles. The van der Waals surface area contributed by atoms with Gasteiger partial charge in [0, 0.05) is 47.0 Å². The van der Waals surface area contributed by atoms with E-state index in [1.54, 1.807) is 13.0 Å². The Morgan fingerprint density at radius 3 is 2.51 bits per heavy atom. The lowest BCUT2D eigenvalue weighted by Gasteiger charge is -2.69. The van der Waals surface area contributed by atoms with E-state index in [-0.39, 0.29) is 47.0 Å². The van der Waals surface area contributed by atoms with Gasteiger partial charge in [-0.1, -0.05) is 45.4 Å². The second-order valence-corrected chi connectivity index (χ2v) is 14.7. The van der Waals surface area contributed by atoms with E-state index < -0.39 is 40.7 Å². The van der Waals surface area contributed by atoms with Gasteiger partial charge in [0.05, 0.1) is 31.8 Å². The van der Waals surface area contributed by atoms with Crippen LogP contribution in [0.2, 0.25) is 0 Å². The number of aliphatic hydroxyl groups excluding tert-OH is 1. The van der Waals surface area contributed by atoms with Crippen molar-refractivity contribution in [3.05, 3.63) is 23.3 Å². The third-order valence-electron chi connectivity index (χ3n) is 12.8. The molecule has 2 saturated heterocycles. The Bertz CT molecular complexity index is 1220. The molecule has 6 aliphatic rings. The number of rotatable bonds is 4. The number of hydrogen-bond acceptors (Lipinski definition) is 8. The Morgan fingerprint density at radius 2 is 1.88 bits per heavy atom. The molecule has 41 heavy (non-hydrogen) atoms. The predicted octanol–water partition coefficient (Wildman–Crippen LogP) is 4.53. The summed E-state index contributed by atoms with van der Waals surface area (Å²) in [5, 5.41) is 12.0. The average Bonchev–Trinajstić information content (AvgIpc) is 3.60. The molecule has 1 N–H and O–H groups in total. The van der Waals surface area contributed by atoms with Crippen molar-refractivity contribution in [1.29, 1.82) is 0 Å². The van der Waals surface area contributed by atoms with Crippen molar-refractivity contribution >= 4 is 17.9 Å². The highest BCUT2D eigenvalue weighted by Crippen LogP contribution is 2.75. The predicted molar refractivity (Wildman–Crippen MR) is 149 cm³/mol. The van der Waals surface area contributed by atoms with Crippen molar-refractivity contribution in [2.45, 2.75) is 105 Å². The van der Waals surface area contributed by atoms with Gasteiger partial charge in [-0.3, -0.25) is 9.59 Å². The molecule has 5 fully saturated rings. The highest BCUT2D eigenvalue weighted by atomic mass is 16.6. The minimum atomic E-state index is -0.713. The number of carbonyl (C=O) groups excluding carboxylic acids is 3. The second kappa shape index (κ2) is 9.40. The highest BCUT2D eigenvalue weighted by molar-refractivity contribution is 5.87. The van der Waals surface area contributed by atoms with Crippen LogP contribution in [0.4, 0.5) is 0 Å². The summed E-state index contributed by atoms with van der Waals surface area (Å²) in [5.41, 5.74) is -0.0413. The number of esters is 3. The molecule has 0 aromatic rings. The summed E-state index contributed by atoms with van der Waals surface area (Å²) in [5.74, 6) is -0.589. The molecule has 0 bridgehead atoms. The number of fused-ring (bicyclic) bond motifs is 4. The normalized spacial score (nSPS) is 50.3. The van der Waals surface area contributed by atoms with Gasteiger partial charge in [0.25, 0.3) is 0 Å². The summed E-state index contributed by atoms with van der Waals surface area (Å²) < 4.78 is 24.4. The van der Waals surface area contributed by atoms with E-state index in [9.17, 15) is 19.5 Å². The van der Waals surface area contributed by atoms with Gasteiger partial charge in [-0.15, -0.1) is 0 Å². The lowest BCUT2D eigenvalue weighted by Crippen LogP contribution is -2.73. The molecular weight excluding hydrogens is 524 g/mol. The number of cyclic esters (lactones) is 1. The van der Waals surface area contributed by atoms with Gasteiger partial charge in [-0.05, 0) is 50.4 Å². The first-order chi connectivity index (χ1) is 19.2. The standard InChI is InChI=1S/C33H46O8/c1-8-17(2)29(37)41-28-26-27-31(5,16-39-26)24(40-18(3)34)14-23(35)33(27,7)22-11-12-30(4)20(19-13-25(36)38-15-19)9-10-21(30)32(22,28)6/h8,10,19-20,22-24,26-28,35H,9,11-16H2,1-7H3/b17-8+/t19-,20+,22+,23+,24-,26-,27+,28-,30+,31-,32+,33+/m1/s1. The Morgan fingerprint density at radius 1 is 1.15 bits per heavy atom. The van der Waals surface area contributed by atoms with Crippen molar-refractivity contribution in [1.82, 2.24) is 0 Å². The zero-order valence-electron chi connectivity index (χ0n) is 25.5. The first-order valence-corrected chi connectivity index (χ1v) is 15.4. The maximum atomic E-state index is 13.5. The first kappa shape index (κ1) is 28.9. The van der Waals surface area contributed by atoms with Crippen molar-refractivity contribution < 1.29 is 38.4 Å². The molecule has 2 aliphatic heterocycles. The van der Waals surface area contributed by atoms with E-state index in [1.807, 2.05) is 6.92 Å². The van der Waals surface area contributed by atoms with Crippen LogP contribution in [-0.4, -0.2) is 60.6 Å². The van der Waals surface area contributed by atoms with Gasteiger partial charge in [0.1, 0.15) is 12.2 Å². The van der Waals surface area contributed by atoms with Crippen LogP contribution in [0.5, 0.6) is 0 Å². The van der Waals surface area contributed by atoms with Crippen LogP contribution in [0.1, 0.15) is 80.6 Å². The van der Waals surface area contributed by atoms with E-state index in [2.05, 4.69) is 33.8 Å². The van der Waals surface area contributed by atoms with Crippen molar-refractivity contribution in [2.75, 3.05) is 13.2 Å². The van der Waals surface area contributed by atoms with Crippen molar-refractivity contribution in [3.63, 3.8) is 0 Å². The molecule has 226 valence electrons. The Labute approximate surface area is 243 Å². The van der Waals surface area contributed by atoms with E-state index in [1.165, 1.54) is 12.5 Å². The molecule has 0 radical (unpaired) electrons. The molecule has 0 unspecified atom stereocenters. The number of ether oxygens (including phenoxy) is 4. The summed E-state index contributed by atoms with van der Waals surface area (Å²) in [6, 6.07) is 0. The molecule has 8 nitrogen and oxygen atoms in total. The van der Waals surface area contributed by atoms with Crippen LogP contribution in [0.25, 0.3) is 0 Å². The van der Waals surface area contributed by atoms with Crippen LogP contribution >= 0.6 is 0 Å².